The molecule has 0 aliphatic heterocycles. The van der Waals surface area contributed by atoms with Crippen molar-refractivity contribution in [3.05, 3.63) is 115 Å². The molecule has 0 heterocycles. The molecule has 4 rings (SSSR count). The van der Waals surface area contributed by atoms with Gasteiger partial charge in [-0.3, -0.25) is 0 Å². The van der Waals surface area contributed by atoms with E-state index >= 15 is 0 Å². The summed E-state index contributed by atoms with van der Waals surface area (Å²) in [5.74, 6) is 0.516. The van der Waals surface area contributed by atoms with Crippen molar-refractivity contribution >= 4 is 33.3 Å². The van der Waals surface area contributed by atoms with Crippen molar-refractivity contribution in [2.24, 2.45) is 0 Å². The molecular weight excluding hydrogens is 439 g/mol. The zero-order valence-corrected chi connectivity index (χ0v) is 19.7. The van der Waals surface area contributed by atoms with Gasteiger partial charge in [0.15, 0.2) is 0 Å². The van der Waals surface area contributed by atoms with Crippen molar-refractivity contribution in [3.8, 4) is 5.75 Å². The Kier molecular flexibility index (Phi) is 7.81. The van der Waals surface area contributed by atoms with Crippen LogP contribution in [0.15, 0.2) is 120 Å². The Morgan fingerprint density at radius 2 is 0.969 bits per heavy atom. The molecule has 164 valence electrons. The number of hydrogen-bond donors (Lipinski definition) is 0. The van der Waals surface area contributed by atoms with Gasteiger partial charge in [0.1, 0.15) is 39.0 Å². The Morgan fingerprint density at radius 1 is 0.625 bits per heavy atom. The number of hydrogen-bond acceptors (Lipinski definition) is 4. The average molecular weight is 465 g/mol. The van der Waals surface area contributed by atoms with Gasteiger partial charge in [0.2, 0.25) is 0 Å². The molecule has 0 unspecified atom stereocenters. The molecule has 6 heteroatoms. The molecule has 0 saturated carbocycles. The minimum Gasteiger partial charge on any atom is -0.744 e. The van der Waals surface area contributed by atoms with E-state index in [0.717, 1.165) is 0 Å². The van der Waals surface area contributed by atoms with Crippen LogP contribution in [0.2, 0.25) is 0 Å². The second kappa shape index (κ2) is 10.6. The predicted molar refractivity (Wildman–Crippen MR) is 132 cm³/mol. The lowest BCUT2D eigenvalue weighted by molar-refractivity contribution is 0.414. The van der Waals surface area contributed by atoms with Crippen LogP contribution in [0.4, 0.5) is 0 Å². The minimum absolute atomic E-state index is 0.247. The highest BCUT2D eigenvalue weighted by atomic mass is 32.2. The first-order valence-electron chi connectivity index (χ1n) is 9.99. The van der Waals surface area contributed by atoms with Crippen LogP contribution in [0.3, 0.4) is 0 Å². The summed E-state index contributed by atoms with van der Waals surface area (Å²) in [5, 5.41) is 4.28. The second-order valence-electron chi connectivity index (χ2n) is 7.14. The molecular formula is C26H25O4PS. The van der Waals surface area contributed by atoms with Gasteiger partial charge in [-0.1, -0.05) is 54.6 Å². The van der Waals surface area contributed by atoms with Gasteiger partial charge in [-0.25, -0.2) is 8.42 Å². The summed E-state index contributed by atoms with van der Waals surface area (Å²) in [6.07, 6.45) is 0. The molecule has 0 aliphatic carbocycles. The Labute approximate surface area is 190 Å². The van der Waals surface area contributed by atoms with E-state index in [0.29, 0.717) is 5.75 Å². The summed E-state index contributed by atoms with van der Waals surface area (Å²) in [6, 6.07) is 37.9. The highest BCUT2D eigenvalue weighted by Crippen LogP contribution is 2.51. The van der Waals surface area contributed by atoms with Gasteiger partial charge in [-0.15, -0.1) is 0 Å². The molecule has 0 bridgehead atoms. The Bertz CT molecular complexity index is 1110. The Hall–Kier alpha value is -2.98. The van der Waals surface area contributed by atoms with Crippen molar-refractivity contribution in [3.63, 3.8) is 0 Å². The number of benzene rings is 4. The summed E-state index contributed by atoms with van der Waals surface area (Å²) in [5.41, 5.74) is 0. The minimum atomic E-state index is -4.33. The zero-order valence-electron chi connectivity index (χ0n) is 18.0. The van der Waals surface area contributed by atoms with Gasteiger partial charge < -0.3 is 9.29 Å². The second-order valence-corrected chi connectivity index (χ2v) is 12.1. The van der Waals surface area contributed by atoms with Crippen molar-refractivity contribution < 1.29 is 17.7 Å². The third kappa shape index (κ3) is 5.63. The normalized spacial score (nSPS) is 11.2. The fourth-order valence-electron chi connectivity index (χ4n) is 3.37. The summed E-state index contributed by atoms with van der Waals surface area (Å²) in [7, 11) is -4.40. The van der Waals surface area contributed by atoms with E-state index in [1.54, 1.807) is 0 Å². The van der Waals surface area contributed by atoms with Crippen molar-refractivity contribution in [1.29, 1.82) is 0 Å². The monoisotopic (exact) mass is 464 g/mol. The number of ether oxygens (including phenoxy) is 1. The van der Waals surface area contributed by atoms with Crippen molar-refractivity contribution in [1.82, 2.24) is 0 Å². The molecule has 0 fully saturated rings. The molecule has 0 aromatic heterocycles. The van der Waals surface area contributed by atoms with Crippen molar-refractivity contribution in [2.45, 2.75) is 4.90 Å². The van der Waals surface area contributed by atoms with Crippen LogP contribution in [-0.4, -0.2) is 26.7 Å². The third-order valence-electron chi connectivity index (χ3n) is 5.17. The molecule has 0 spiro atoms. The molecule has 0 saturated heterocycles. The summed E-state index contributed by atoms with van der Waals surface area (Å²) < 4.78 is 36.1. The Morgan fingerprint density at radius 3 is 1.25 bits per heavy atom. The Balaban J connectivity index is 0.000000207. The quantitative estimate of drug-likeness (QED) is 0.328. The highest BCUT2D eigenvalue weighted by Gasteiger charge is 2.39. The van der Waals surface area contributed by atoms with Gasteiger partial charge in [0.25, 0.3) is 0 Å². The summed E-state index contributed by atoms with van der Waals surface area (Å²) >= 11 is 0. The van der Waals surface area contributed by atoms with Crippen LogP contribution in [0.5, 0.6) is 5.75 Å². The maximum atomic E-state index is 10.4. The first-order valence-corrected chi connectivity index (χ1v) is 13.6. The van der Waals surface area contributed by atoms with Gasteiger partial charge in [0.05, 0.1) is 18.7 Å². The third-order valence-corrected chi connectivity index (χ3v) is 10.0. The molecule has 4 aromatic carbocycles. The molecule has 4 aromatic rings. The molecule has 0 atom stereocenters. The topological polar surface area (TPSA) is 66.4 Å². The standard InChI is InChI=1S/C19H18P.C7H8O4S/c1-20(17-11-5-2-6-12-17,18-13-7-3-8-14-18)19-15-9-4-10-16-19;1-11-6-2-4-7(5-3-6)12(8,9)10/h2-16H,1H3;2-5H,1H3,(H,8,9,10)/q+1;/p-1. The molecule has 4 nitrogen and oxygen atoms in total. The molecule has 0 N–H and O–H groups in total. The maximum Gasteiger partial charge on any atom is 0.124 e. The number of methoxy groups -OCH3 is 1. The molecule has 32 heavy (non-hydrogen) atoms. The van der Waals surface area contributed by atoms with E-state index < -0.39 is 17.4 Å². The molecule has 0 aliphatic rings. The lowest BCUT2D eigenvalue weighted by Gasteiger charge is -2.22. The van der Waals surface area contributed by atoms with Crippen LogP contribution < -0.4 is 20.7 Å². The molecule has 0 radical (unpaired) electrons. The average Bonchev–Trinajstić information content (AvgIpc) is 2.85. The fraction of sp³-hybridized carbons (Fsp3) is 0.0769. The van der Waals surface area contributed by atoms with E-state index in [2.05, 4.69) is 97.7 Å². The van der Waals surface area contributed by atoms with Gasteiger partial charge >= 0.3 is 0 Å². The predicted octanol–water partition coefficient (Wildman–Crippen LogP) is 4.21. The SMILES string of the molecule is COc1ccc(S(=O)(=O)[O-])cc1.C[P+](c1ccccc1)(c1ccccc1)c1ccccc1. The van der Waals surface area contributed by atoms with E-state index in [4.69, 9.17) is 4.74 Å². The smallest absolute Gasteiger partial charge is 0.124 e. The molecule has 0 amide bonds. The van der Waals surface area contributed by atoms with Gasteiger partial charge in [0, 0.05) is 0 Å². The van der Waals surface area contributed by atoms with Crippen LogP contribution in [0.25, 0.3) is 0 Å². The highest BCUT2D eigenvalue weighted by molar-refractivity contribution is 7.95. The first-order chi connectivity index (χ1) is 15.4. The lowest BCUT2D eigenvalue weighted by Crippen LogP contribution is -2.30. The van der Waals surface area contributed by atoms with Crippen LogP contribution in [0.1, 0.15) is 0 Å². The first kappa shape index (κ1) is 23.7. The van der Waals surface area contributed by atoms with Crippen LogP contribution >= 0.6 is 7.26 Å². The van der Waals surface area contributed by atoms with Gasteiger partial charge in [-0.2, -0.15) is 0 Å². The van der Waals surface area contributed by atoms with Crippen LogP contribution in [0, 0.1) is 0 Å². The van der Waals surface area contributed by atoms with E-state index in [9.17, 15) is 13.0 Å². The number of rotatable bonds is 5. The van der Waals surface area contributed by atoms with Crippen LogP contribution in [-0.2, 0) is 10.1 Å². The van der Waals surface area contributed by atoms with Gasteiger partial charge in [-0.05, 0) is 60.7 Å². The summed E-state index contributed by atoms with van der Waals surface area (Å²) in [4.78, 5) is -0.247. The van der Waals surface area contributed by atoms with E-state index in [1.165, 1.54) is 47.3 Å². The van der Waals surface area contributed by atoms with E-state index in [-0.39, 0.29) is 4.90 Å². The lowest BCUT2D eigenvalue weighted by atomic mass is 10.3. The maximum absolute atomic E-state index is 10.4. The fourth-order valence-corrected chi connectivity index (χ4v) is 7.04. The largest absolute Gasteiger partial charge is 0.744 e. The summed E-state index contributed by atoms with van der Waals surface area (Å²) in [6.45, 7) is 2.41. The zero-order chi connectivity index (χ0) is 23.0. The van der Waals surface area contributed by atoms with Crippen molar-refractivity contribution in [2.75, 3.05) is 13.8 Å². The van der Waals surface area contributed by atoms with E-state index in [1.807, 2.05) is 0 Å².